The van der Waals surface area contributed by atoms with Crippen LogP contribution in [0.15, 0.2) is 42.5 Å². The first kappa shape index (κ1) is 22.3. The molecule has 0 unspecified atom stereocenters. The molecule has 2 aromatic rings. The van der Waals surface area contributed by atoms with Crippen LogP contribution in [0.25, 0.3) is 0 Å². The van der Waals surface area contributed by atoms with E-state index in [2.05, 4.69) is 5.32 Å². The van der Waals surface area contributed by atoms with Crippen LogP contribution in [0.5, 0.6) is 0 Å². The van der Waals surface area contributed by atoms with Crippen molar-refractivity contribution in [2.45, 2.75) is 46.2 Å². The van der Waals surface area contributed by atoms with Crippen LogP contribution in [0.2, 0.25) is 10.0 Å². The van der Waals surface area contributed by atoms with Crippen LogP contribution in [0.4, 0.5) is 0 Å². The van der Waals surface area contributed by atoms with E-state index in [0.29, 0.717) is 28.7 Å². The first-order chi connectivity index (χ1) is 13.3. The molecule has 2 rings (SSSR count). The number of amides is 2. The van der Waals surface area contributed by atoms with Gasteiger partial charge in [-0.2, -0.15) is 0 Å². The summed E-state index contributed by atoms with van der Waals surface area (Å²) >= 11 is 12.2. The average molecular weight is 421 g/mol. The third kappa shape index (κ3) is 6.25. The van der Waals surface area contributed by atoms with E-state index in [4.69, 9.17) is 23.2 Å². The van der Waals surface area contributed by atoms with E-state index in [0.717, 1.165) is 17.5 Å². The lowest BCUT2D eigenvalue weighted by molar-refractivity contribution is -0.140. The summed E-state index contributed by atoms with van der Waals surface area (Å²) in [7, 11) is 0. The van der Waals surface area contributed by atoms with Gasteiger partial charge in [-0.15, -0.1) is 0 Å². The Morgan fingerprint density at radius 2 is 1.89 bits per heavy atom. The fraction of sp³-hybridized carbons (Fsp3) is 0.364. The van der Waals surface area contributed by atoms with Crippen LogP contribution >= 0.6 is 23.2 Å². The Kier molecular flexibility index (Phi) is 8.34. The van der Waals surface area contributed by atoms with E-state index in [-0.39, 0.29) is 18.2 Å². The Hall–Kier alpha value is -2.04. The van der Waals surface area contributed by atoms with Crippen LogP contribution in [0.1, 0.15) is 37.0 Å². The molecule has 0 aliphatic carbocycles. The third-order valence-corrected chi connectivity index (χ3v) is 5.10. The predicted molar refractivity (Wildman–Crippen MR) is 115 cm³/mol. The highest BCUT2D eigenvalue weighted by Gasteiger charge is 2.26. The van der Waals surface area contributed by atoms with Gasteiger partial charge in [-0.05, 0) is 43.5 Å². The number of hydrogen-bond donors (Lipinski definition) is 1. The Morgan fingerprint density at radius 3 is 2.54 bits per heavy atom. The molecule has 0 aliphatic heterocycles. The maximum atomic E-state index is 13.1. The van der Waals surface area contributed by atoms with Crippen LogP contribution < -0.4 is 5.32 Å². The SMILES string of the molecule is CCCNC(=O)[C@@H](C)N(Cc1cccc(C)c1)C(=O)Cc1ccc(Cl)cc1Cl. The number of carbonyl (C=O) groups is 2. The van der Waals surface area contributed by atoms with Crippen LogP contribution in [0, 0.1) is 6.92 Å². The van der Waals surface area contributed by atoms with E-state index in [1.54, 1.807) is 30.0 Å². The molecule has 0 bridgehead atoms. The first-order valence-electron chi connectivity index (χ1n) is 9.38. The minimum absolute atomic E-state index is 0.104. The van der Waals surface area contributed by atoms with Crippen LogP contribution in [-0.2, 0) is 22.6 Å². The molecule has 0 fully saturated rings. The van der Waals surface area contributed by atoms with Crippen molar-refractivity contribution in [3.8, 4) is 0 Å². The number of rotatable bonds is 8. The summed E-state index contributed by atoms with van der Waals surface area (Å²) in [5.74, 6) is -0.324. The average Bonchev–Trinajstić information content (AvgIpc) is 2.65. The zero-order valence-corrected chi connectivity index (χ0v) is 18.0. The molecule has 28 heavy (non-hydrogen) atoms. The van der Waals surface area contributed by atoms with Crippen molar-refractivity contribution in [2.24, 2.45) is 0 Å². The van der Waals surface area contributed by atoms with E-state index in [9.17, 15) is 9.59 Å². The molecule has 1 N–H and O–H groups in total. The van der Waals surface area contributed by atoms with Gasteiger partial charge in [-0.3, -0.25) is 9.59 Å². The number of benzene rings is 2. The second kappa shape index (κ2) is 10.5. The molecule has 0 heterocycles. The standard InChI is InChI=1S/C22H26Cl2N2O2/c1-4-10-25-22(28)16(3)26(14-17-7-5-6-15(2)11-17)21(27)12-18-8-9-19(23)13-20(18)24/h5-9,11,13,16H,4,10,12,14H2,1-3H3,(H,25,28)/t16-/m1/s1. The van der Waals surface area contributed by atoms with Gasteiger partial charge in [0.25, 0.3) is 0 Å². The Bertz CT molecular complexity index is 839. The molecule has 0 aromatic heterocycles. The van der Waals surface area contributed by atoms with Crippen LogP contribution in [-0.4, -0.2) is 29.3 Å². The summed E-state index contributed by atoms with van der Waals surface area (Å²) < 4.78 is 0. The minimum Gasteiger partial charge on any atom is -0.354 e. The summed E-state index contributed by atoms with van der Waals surface area (Å²) in [6, 6.07) is 12.4. The van der Waals surface area contributed by atoms with Gasteiger partial charge in [0.1, 0.15) is 6.04 Å². The fourth-order valence-electron chi connectivity index (χ4n) is 2.92. The summed E-state index contributed by atoms with van der Waals surface area (Å²) in [5, 5.41) is 3.83. The number of carbonyl (C=O) groups excluding carboxylic acids is 2. The van der Waals surface area contributed by atoms with E-state index in [1.165, 1.54) is 0 Å². The van der Waals surface area contributed by atoms with Crippen molar-refractivity contribution < 1.29 is 9.59 Å². The number of halogens is 2. The molecule has 1 atom stereocenters. The largest absolute Gasteiger partial charge is 0.354 e. The molecule has 4 nitrogen and oxygen atoms in total. The van der Waals surface area contributed by atoms with Gasteiger partial charge < -0.3 is 10.2 Å². The highest BCUT2D eigenvalue weighted by molar-refractivity contribution is 6.35. The Labute approximate surface area is 176 Å². The van der Waals surface area contributed by atoms with Gasteiger partial charge in [0, 0.05) is 23.1 Å². The first-order valence-corrected chi connectivity index (χ1v) is 10.1. The third-order valence-electron chi connectivity index (χ3n) is 4.51. The lowest BCUT2D eigenvalue weighted by Gasteiger charge is -2.29. The maximum Gasteiger partial charge on any atom is 0.242 e. The normalized spacial score (nSPS) is 11.8. The molecule has 0 radical (unpaired) electrons. The number of nitrogens with zero attached hydrogens (tertiary/aromatic N) is 1. The van der Waals surface area contributed by atoms with Crippen molar-refractivity contribution >= 4 is 35.0 Å². The van der Waals surface area contributed by atoms with Gasteiger partial charge in [-0.25, -0.2) is 0 Å². The highest BCUT2D eigenvalue weighted by atomic mass is 35.5. The van der Waals surface area contributed by atoms with E-state index >= 15 is 0 Å². The second-order valence-corrected chi connectivity index (χ2v) is 7.73. The number of hydrogen-bond acceptors (Lipinski definition) is 2. The molecule has 2 amide bonds. The van der Waals surface area contributed by atoms with Gasteiger partial charge in [0.2, 0.25) is 11.8 Å². The van der Waals surface area contributed by atoms with E-state index in [1.807, 2.05) is 38.1 Å². The molecule has 6 heteroatoms. The zero-order chi connectivity index (χ0) is 20.7. The fourth-order valence-corrected chi connectivity index (χ4v) is 3.39. The smallest absolute Gasteiger partial charge is 0.242 e. The minimum atomic E-state index is -0.592. The molecule has 0 saturated heterocycles. The van der Waals surface area contributed by atoms with Crippen molar-refractivity contribution in [1.82, 2.24) is 10.2 Å². The highest BCUT2D eigenvalue weighted by Crippen LogP contribution is 2.22. The predicted octanol–water partition coefficient (Wildman–Crippen LogP) is 4.79. The second-order valence-electron chi connectivity index (χ2n) is 6.89. The number of aryl methyl sites for hydroxylation is 1. The summed E-state index contributed by atoms with van der Waals surface area (Å²) in [5.41, 5.74) is 2.77. The van der Waals surface area contributed by atoms with Gasteiger partial charge in [0.15, 0.2) is 0 Å². The maximum absolute atomic E-state index is 13.1. The van der Waals surface area contributed by atoms with Crippen molar-refractivity contribution in [1.29, 1.82) is 0 Å². The molecule has 0 aliphatic rings. The van der Waals surface area contributed by atoms with Crippen molar-refractivity contribution in [2.75, 3.05) is 6.54 Å². The zero-order valence-electron chi connectivity index (χ0n) is 16.5. The number of nitrogens with one attached hydrogen (secondary N) is 1. The lowest BCUT2D eigenvalue weighted by atomic mass is 10.1. The van der Waals surface area contributed by atoms with Gasteiger partial charge in [0.05, 0.1) is 6.42 Å². The molecular weight excluding hydrogens is 395 g/mol. The van der Waals surface area contributed by atoms with Gasteiger partial charge >= 0.3 is 0 Å². The monoisotopic (exact) mass is 420 g/mol. The molecule has 150 valence electrons. The topological polar surface area (TPSA) is 49.4 Å². The molecule has 0 spiro atoms. The summed E-state index contributed by atoms with van der Waals surface area (Å²) in [4.78, 5) is 27.2. The Morgan fingerprint density at radius 1 is 1.14 bits per heavy atom. The molecule has 2 aromatic carbocycles. The quantitative estimate of drug-likeness (QED) is 0.667. The summed E-state index contributed by atoms with van der Waals surface area (Å²) in [6.45, 7) is 6.68. The molecule has 0 saturated carbocycles. The van der Waals surface area contributed by atoms with Gasteiger partial charge in [-0.1, -0.05) is 66.0 Å². The van der Waals surface area contributed by atoms with Crippen molar-refractivity contribution in [3.63, 3.8) is 0 Å². The van der Waals surface area contributed by atoms with E-state index < -0.39 is 6.04 Å². The Balaban J connectivity index is 2.25. The molecular formula is C22H26Cl2N2O2. The van der Waals surface area contributed by atoms with Crippen molar-refractivity contribution in [3.05, 3.63) is 69.2 Å². The van der Waals surface area contributed by atoms with Crippen LogP contribution in [0.3, 0.4) is 0 Å². The summed E-state index contributed by atoms with van der Waals surface area (Å²) in [6.07, 6.45) is 0.942. The lowest BCUT2D eigenvalue weighted by Crippen LogP contribution is -2.48.